The molecule has 2 aromatic heterocycles. The number of H-pyrrole nitrogens is 1. The minimum Gasteiger partial charge on any atom is -0.324 e. The van der Waals surface area contributed by atoms with Crippen LogP contribution in [0, 0.1) is 0 Å². The Balaban J connectivity index is 1.57. The molecule has 7 heteroatoms. The van der Waals surface area contributed by atoms with Crippen molar-refractivity contribution in [1.82, 2.24) is 19.5 Å². The van der Waals surface area contributed by atoms with Gasteiger partial charge in [-0.25, -0.2) is 9.97 Å². The normalized spacial score (nSPS) is 11.0. The standard InChI is InChI=1S/C17H13N5O2/c23-15(21-17-19-13-7-3-4-8-14(13)20-17)9-22-10-18-12-6-2-1-5-11(12)16(22)24/h1-8,10H,9H2,(H2,19,20,21,23). The third-order valence-corrected chi connectivity index (χ3v) is 3.69. The number of nitrogens with one attached hydrogen (secondary N) is 2. The molecular weight excluding hydrogens is 306 g/mol. The first-order valence-electron chi connectivity index (χ1n) is 7.39. The Labute approximate surface area is 136 Å². The summed E-state index contributed by atoms with van der Waals surface area (Å²) in [6.07, 6.45) is 1.38. The predicted molar refractivity (Wildman–Crippen MR) is 90.7 cm³/mol. The summed E-state index contributed by atoms with van der Waals surface area (Å²) in [4.78, 5) is 36.0. The number of carbonyl (C=O) groups excluding carboxylic acids is 1. The number of hydrogen-bond donors (Lipinski definition) is 2. The van der Waals surface area contributed by atoms with E-state index >= 15 is 0 Å². The summed E-state index contributed by atoms with van der Waals surface area (Å²) >= 11 is 0. The molecule has 0 atom stereocenters. The molecule has 24 heavy (non-hydrogen) atoms. The lowest BCUT2D eigenvalue weighted by Gasteiger charge is -2.06. The van der Waals surface area contributed by atoms with E-state index in [1.54, 1.807) is 18.2 Å². The lowest BCUT2D eigenvalue weighted by molar-refractivity contribution is -0.116. The van der Waals surface area contributed by atoms with Crippen molar-refractivity contribution in [3.05, 3.63) is 65.2 Å². The zero-order chi connectivity index (χ0) is 16.5. The molecule has 7 nitrogen and oxygen atoms in total. The first-order chi connectivity index (χ1) is 11.7. The van der Waals surface area contributed by atoms with Crippen LogP contribution in [0.4, 0.5) is 5.95 Å². The zero-order valence-corrected chi connectivity index (χ0v) is 12.6. The number of benzene rings is 2. The molecule has 0 bridgehead atoms. The van der Waals surface area contributed by atoms with E-state index in [9.17, 15) is 9.59 Å². The predicted octanol–water partition coefficient (Wildman–Crippen LogP) is 1.91. The number of carbonyl (C=O) groups is 1. The summed E-state index contributed by atoms with van der Waals surface area (Å²) in [6.45, 7) is -0.131. The second-order valence-electron chi connectivity index (χ2n) is 5.35. The molecule has 0 radical (unpaired) electrons. The second kappa shape index (κ2) is 5.62. The van der Waals surface area contributed by atoms with Gasteiger partial charge in [-0.05, 0) is 24.3 Å². The number of aromatic nitrogens is 4. The molecule has 0 saturated carbocycles. The van der Waals surface area contributed by atoms with E-state index in [1.807, 2.05) is 30.3 Å². The van der Waals surface area contributed by atoms with Gasteiger partial charge in [-0.1, -0.05) is 24.3 Å². The number of aromatic amines is 1. The third kappa shape index (κ3) is 2.52. The van der Waals surface area contributed by atoms with Crippen LogP contribution in [0.25, 0.3) is 21.9 Å². The van der Waals surface area contributed by atoms with Gasteiger partial charge in [-0.15, -0.1) is 0 Å². The summed E-state index contributed by atoms with van der Waals surface area (Å²) in [7, 11) is 0. The van der Waals surface area contributed by atoms with Gasteiger partial charge in [0.1, 0.15) is 6.54 Å². The SMILES string of the molecule is O=C(Cn1cnc2ccccc2c1=O)Nc1nc2ccccc2[nH]1. The highest BCUT2D eigenvalue weighted by Crippen LogP contribution is 2.13. The van der Waals surface area contributed by atoms with E-state index in [-0.39, 0.29) is 18.0 Å². The van der Waals surface area contributed by atoms with Crippen LogP contribution in [-0.4, -0.2) is 25.4 Å². The van der Waals surface area contributed by atoms with Crippen molar-refractivity contribution < 1.29 is 4.79 Å². The number of nitrogens with zero attached hydrogens (tertiary/aromatic N) is 3. The molecular formula is C17H13N5O2. The number of fused-ring (bicyclic) bond motifs is 2. The highest BCUT2D eigenvalue weighted by molar-refractivity contribution is 5.91. The Bertz CT molecular complexity index is 1080. The quantitative estimate of drug-likeness (QED) is 0.603. The van der Waals surface area contributed by atoms with Crippen LogP contribution in [0.2, 0.25) is 0 Å². The maximum Gasteiger partial charge on any atom is 0.261 e. The van der Waals surface area contributed by atoms with Crippen molar-refractivity contribution in [2.45, 2.75) is 6.54 Å². The van der Waals surface area contributed by atoms with Gasteiger partial charge in [-0.2, -0.15) is 0 Å². The Hall–Kier alpha value is -3.48. The van der Waals surface area contributed by atoms with Gasteiger partial charge < -0.3 is 4.98 Å². The van der Waals surface area contributed by atoms with Gasteiger partial charge in [0.15, 0.2) is 0 Å². The van der Waals surface area contributed by atoms with Crippen LogP contribution in [-0.2, 0) is 11.3 Å². The van der Waals surface area contributed by atoms with Crippen LogP contribution in [0.1, 0.15) is 0 Å². The molecule has 0 aliphatic carbocycles. The average Bonchev–Trinajstić information content (AvgIpc) is 2.99. The maximum absolute atomic E-state index is 12.4. The monoisotopic (exact) mass is 319 g/mol. The highest BCUT2D eigenvalue weighted by Gasteiger charge is 2.10. The molecule has 0 aliphatic rings. The Kier molecular flexibility index (Phi) is 3.31. The summed E-state index contributed by atoms with van der Waals surface area (Å²) in [5.41, 5.74) is 1.95. The molecule has 2 heterocycles. The van der Waals surface area contributed by atoms with Crippen molar-refractivity contribution in [1.29, 1.82) is 0 Å². The van der Waals surface area contributed by atoms with Crippen LogP contribution >= 0.6 is 0 Å². The smallest absolute Gasteiger partial charge is 0.261 e. The van der Waals surface area contributed by atoms with Crippen molar-refractivity contribution in [2.24, 2.45) is 0 Å². The summed E-state index contributed by atoms with van der Waals surface area (Å²) < 4.78 is 1.28. The Morgan fingerprint density at radius 1 is 1.08 bits per heavy atom. The van der Waals surface area contributed by atoms with E-state index in [0.717, 1.165) is 11.0 Å². The molecule has 118 valence electrons. The number of imidazole rings is 1. The molecule has 2 N–H and O–H groups in total. The molecule has 0 aliphatic heterocycles. The minimum atomic E-state index is -0.353. The maximum atomic E-state index is 12.4. The Morgan fingerprint density at radius 2 is 1.83 bits per heavy atom. The number of para-hydroxylation sites is 3. The average molecular weight is 319 g/mol. The number of rotatable bonds is 3. The zero-order valence-electron chi connectivity index (χ0n) is 12.6. The fourth-order valence-corrected chi connectivity index (χ4v) is 2.56. The molecule has 0 unspecified atom stereocenters. The van der Waals surface area contributed by atoms with Crippen molar-refractivity contribution >= 4 is 33.8 Å². The first kappa shape index (κ1) is 14.1. The van der Waals surface area contributed by atoms with E-state index < -0.39 is 0 Å². The van der Waals surface area contributed by atoms with E-state index in [4.69, 9.17) is 0 Å². The molecule has 1 amide bonds. The fraction of sp³-hybridized carbons (Fsp3) is 0.0588. The third-order valence-electron chi connectivity index (χ3n) is 3.69. The van der Waals surface area contributed by atoms with Gasteiger partial charge in [0, 0.05) is 0 Å². The number of anilines is 1. The van der Waals surface area contributed by atoms with Gasteiger partial charge in [-0.3, -0.25) is 19.5 Å². The van der Waals surface area contributed by atoms with E-state index in [2.05, 4.69) is 20.3 Å². The molecule has 4 rings (SSSR count). The number of hydrogen-bond acceptors (Lipinski definition) is 4. The van der Waals surface area contributed by atoms with Crippen molar-refractivity contribution in [3.63, 3.8) is 0 Å². The molecule has 4 aromatic rings. The highest BCUT2D eigenvalue weighted by atomic mass is 16.2. The number of amides is 1. The topological polar surface area (TPSA) is 92.7 Å². The largest absolute Gasteiger partial charge is 0.324 e. The van der Waals surface area contributed by atoms with Crippen LogP contribution < -0.4 is 10.9 Å². The van der Waals surface area contributed by atoms with Crippen LogP contribution in [0.15, 0.2) is 59.7 Å². The van der Waals surface area contributed by atoms with Gasteiger partial charge >= 0.3 is 0 Å². The lowest BCUT2D eigenvalue weighted by atomic mass is 10.2. The van der Waals surface area contributed by atoms with Crippen molar-refractivity contribution in [2.75, 3.05) is 5.32 Å². The summed E-state index contributed by atoms with van der Waals surface area (Å²) in [5, 5.41) is 3.14. The summed E-state index contributed by atoms with van der Waals surface area (Å²) in [6, 6.07) is 14.5. The first-order valence-corrected chi connectivity index (χ1v) is 7.39. The van der Waals surface area contributed by atoms with Crippen LogP contribution in [0.3, 0.4) is 0 Å². The molecule has 0 spiro atoms. The molecule has 2 aromatic carbocycles. The Morgan fingerprint density at radius 3 is 2.67 bits per heavy atom. The van der Waals surface area contributed by atoms with Gasteiger partial charge in [0.25, 0.3) is 5.56 Å². The lowest BCUT2D eigenvalue weighted by Crippen LogP contribution is -2.28. The fourth-order valence-electron chi connectivity index (χ4n) is 2.56. The van der Waals surface area contributed by atoms with Gasteiger partial charge in [0.2, 0.25) is 11.9 Å². The van der Waals surface area contributed by atoms with E-state index in [0.29, 0.717) is 16.9 Å². The van der Waals surface area contributed by atoms with E-state index in [1.165, 1.54) is 10.9 Å². The summed E-state index contributed by atoms with van der Waals surface area (Å²) in [5.74, 6) is -0.00349. The van der Waals surface area contributed by atoms with Gasteiger partial charge in [0.05, 0.1) is 28.3 Å². The minimum absolute atomic E-state index is 0.131. The van der Waals surface area contributed by atoms with Crippen LogP contribution in [0.5, 0.6) is 0 Å². The second-order valence-corrected chi connectivity index (χ2v) is 5.35. The molecule has 0 saturated heterocycles. The molecule has 0 fully saturated rings. The van der Waals surface area contributed by atoms with Crippen molar-refractivity contribution in [3.8, 4) is 0 Å².